The minimum atomic E-state index is -4.67. The van der Waals surface area contributed by atoms with Crippen molar-refractivity contribution in [1.82, 2.24) is 5.32 Å². The highest BCUT2D eigenvalue weighted by atomic mass is 32.3. The first-order chi connectivity index (χ1) is 11.8. The van der Waals surface area contributed by atoms with E-state index in [-0.39, 0.29) is 13.2 Å². The van der Waals surface area contributed by atoms with Gasteiger partial charge in [-0.2, -0.15) is 8.42 Å². The summed E-state index contributed by atoms with van der Waals surface area (Å²) in [5.74, 6) is 0. The van der Waals surface area contributed by atoms with E-state index in [1.165, 1.54) is 57.8 Å². The smallest absolute Gasteiger partial charge is 0.394 e. The Balaban J connectivity index is -0.000000337. The van der Waals surface area contributed by atoms with Crippen LogP contribution in [0.4, 0.5) is 0 Å². The van der Waals surface area contributed by atoms with E-state index in [0.29, 0.717) is 19.7 Å². The quantitative estimate of drug-likeness (QED) is 0.195. The Morgan fingerprint density at radius 2 is 0.960 bits per heavy atom. The lowest BCUT2D eigenvalue weighted by atomic mass is 10.1. The van der Waals surface area contributed by atoms with E-state index >= 15 is 0 Å². The topological polar surface area (TPSA) is 147 Å². The molecule has 8 nitrogen and oxygen atoms in total. The molecule has 0 bridgehead atoms. The summed E-state index contributed by atoms with van der Waals surface area (Å²) in [6.45, 7) is 4.05. The third-order valence-electron chi connectivity index (χ3n) is 3.09. The van der Waals surface area contributed by atoms with Crippen LogP contribution < -0.4 is 5.32 Å². The molecule has 0 aliphatic rings. The van der Waals surface area contributed by atoms with Crippen molar-refractivity contribution < 1.29 is 32.8 Å². The van der Waals surface area contributed by atoms with Gasteiger partial charge in [0.1, 0.15) is 0 Å². The summed E-state index contributed by atoms with van der Waals surface area (Å²) in [4.78, 5) is 0. The Bertz CT molecular complexity index is 292. The van der Waals surface area contributed by atoms with Gasteiger partial charge in [0.15, 0.2) is 0 Å². The normalized spacial score (nSPS) is 10.5. The van der Waals surface area contributed by atoms with Gasteiger partial charge in [-0.05, 0) is 6.42 Å². The summed E-state index contributed by atoms with van der Waals surface area (Å²) in [5.41, 5.74) is 0. The van der Waals surface area contributed by atoms with Crippen LogP contribution in [0.5, 0.6) is 0 Å². The molecule has 6 N–H and O–H groups in total. The zero-order chi connectivity index (χ0) is 19.8. The van der Waals surface area contributed by atoms with E-state index in [4.69, 9.17) is 32.8 Å². The van der Waals surface area contributed by atoms with E-state index in [1.54, 1.807) is 0 Å². The molecule has 25 heavy (non-hydrogen) atoms. The summed E-state index contributed by atoms with van der Waals surface area (Å²) in [6.07, 6.45) is 13.3. The number of aliphatic hydroxyl groups is 3. The minimum Gasteiger partial charge on any atom is -0.396 e. The third-order valence-corrected chi connectivity index (χ3v) is 3.09. The molecule has 0 amide bonds. The number of hydrogen-bond acceptors (Lipinski definition) is 6. The summed E-state index contributed by atoms with van der Waals surface area (Å²) in [6, 6.07) is 0. The fourth-order valence-electron chi connectivity index (χ4n) is 1.88. The number of aliphatic hydroxyl groups excluding tert-OH is 3. The van der Waals surface area contributed by atoms with Crippen molar-refractivity contribution in [1.29, 1.82) is 0 Å². The Kier molecular flexibility index (Phi) is 30.6. The lowest BCUT2D eigenvalue weighted by Gasteiger charge is -2.00. The van der Waals surface area contributed by atoms with Crippen LogP contribution in [0.25, 0.3) is 0 Å². The van der Waals surface area contributed by atoms with Crippen molar-refractivity contribution in [3.63, 3.8) is 0 Å². The van der Waals surface area contributed by atoms with Crippen molar-refractivity contribution in [2.45, 2.75) is 71.1 Å². The number of hydrogen-bond donors (Lipinski definition) is 6. The standard InChI is InChI=1S/C12H26O.C4H11NO2.H2O4S/c1-2-3-4-5-6-7-8-9-10-11-12-13;6-3-1-5-2-4-7;1-5(2,3)4/h13H,2-12H2,1H3;5-7H,1-4H2;(H2,1,2,3,4). The molecule has 0 saturated carbocycles. The Hall–Kier alpha value is -0.290. The van der Waals surface area contributed by atoms with Crippen LogP contribution in [0, 0.1) is 0 Å². The van der Waals surface area contributed by atoms with Gasteiger partial charge in [0.05, 0.1) is 13.2 Å². The molecule has 0 aliphatic heterocycles. The molecule has 0 aromatic rings. The molecule has 0 saturated heterocycles. The molecular weight excluding hydrogens is 350 g/mol. The highest BCUT2D eigenvalue weighted by Crippen LogP contribution is 2.09. The summed E-state index contributed by atoms with van der Waals surface area (Å²) >= 11 is 0. The van der Waals surface area contributed by atoms with Gasteiger partial charge in [-0.1, -0.05) is 64.7 Å². The van der Waals surface area contributed by atoms with Crippen LogP contribution in [0.3, 0.4) is 0 Å². The van der Waals surface area contributed by atoms with Crippen molar-refractivity contribution in [3.8, 4) is 0 Å². The van der Waals surface area contributed by atoms with Gasteiger partial charge in [0.2, 0.25) is 0 Å². The molecule has 0 unspecified atom stereocenters. The second-order valence-corrected chi connectivity index (χ2v) is 6.45. The van der Waals surface area contributed by atoms with Gasteiger partial charge in [-0.3, -0.25) is 9.11 Å². The van der Waals surface area contributed by atoms with Crippen LogP contribution in [0.1, 0.15) is 71.1 Å². The summed E-state index contributed by atoms with van der Waals surface area (Å²) in [7, 11) is -4.67. The minimum absolute atomic E-state index is 0.139. The molecule has 0 atom stereocenters. The molecular formula is C16H39NO7S. The summed E-state index contributed by atoms with van der Waals surface area (Å²) in [5, 5.41) is 27.6. The molecule has 156 valence electrons. The van der Waals surface area contributed by atoms with Gasteiger partial charge >= 0.3 is 10.4 Å². The molecule has 0 aliphatic carbocycles. The van der Waals surface area contributed by atoms with Crippen LogP contribution in [-0.4, -0.2) is 65.8 Å². The van der Waals surface area contributed by atoms with E-state index in [1.807, 2.05) is 0 Å². The van der Waals surface area contributed by atoms with E-state index in [0.717, 1.165) is 6.42 Å². The first kappa shape index (κ1) is 29.5. The predicted octanol–water partition coefficient (Wildman–Crippen LogP) is 1.81. The molecule has 0 radical (unpaired) electrons. The van der Waals surface area contributed by atoms with Crippen LogP contribution in [-0.2, 0) is 10.4 Å². The van der Waals surface area contributed by atoms with Crippen LogP contribution in [0.15, 0.2) is 0 Å². The highest BCUT2D eigenvalue weighted by Gasteiger charge is 1.91. The van der Waals surface area contributed by atoms with Crippen molar-refractivity contribution in [2.75, 3.05) is 32.9 Å². The van der Waals surface area contributed by atoms with Gasteiger partial charge < -0.3 is 20.6 Å². The molecule has 0 aromatic carbocycles. The number of nitrogens with one attached hydrogen (secondary N) is 1. The monoisotopic (exact) mass is 389 g/mol. The van der Waals surface area contributed by atoms with Crippen LogP contribution >= 0.6 is 0 Å². The lowest BCUT2D eigenvalue weighted by Crippen LogP contribution is -2.21. The Labute approximate surface area is 153 Å². The Morgan fingerprint density at radius 3 is 1.24 bits per heavy atom. The number of rotatable bonds is 14. The van der Waals surface area contributed by atoms with Crippen molar-refractivity contribution >= 4 is 10.4 Å². The molecule has 0 aromatic heterocycles. The maximum absolute atomic E-state index is 8.74. The fourth-order valence-corrected chi connectivity index (χ4v) is 1.88. The first-order valence-corrected chi connectivity index (χ1v) is 10.5. The van der Waals surface area contributed by atoms with E-state index in [2.05, 4.69) is 12.2 Å². The maximum atomic E-state index is 8.74. The van der Waals surface area contributed by atoms with Gasteiger partial charge in [-0.15, -0.1) is 0 Å². The fraction of sp³-hybridized carbons (Fsp3) is 1.00. The largest absolute Gasteiger partial charge is 0.396 e. The van der Waals surface area contributed by atoms with Gasteiger partial charge in [0.25, 0.3) is 0 Å². The van der Waals surface area contributed by atoms with Crippen LogP contribution in [0.2, 0.25) is 0 Å². The number of unbranched alkanes of at least 4 members (excludes halogenated alkanes) is 9. The third kappa shape index (κ3) is 59.5. The average Bonchev–Trinajstić information content (AvgIpc) is 2.53. The zero-order valence-electron chi connectivity index (χ0n) is 15.6. The molecule has 0 fully saturated rings. The first-order valence-electron chi connectivity index (χ1n) is 9.06. The SMILES string of the molecule is CCCCCCCCCCCCO.O=S(=O)(O)O.OCCNCCO. The van der Waals surface area contributed by atoms with Crippen molar-refractivity contribution in [2.24, 2.45) is 0 Å². The van der Waals surface area contributed by atoms with E-state index < -0.39 is 10.4 Å². The molecule has 9 heteroatoms. The summed E-state index contributed by atoms with van der Waals surface area (Å²) < 4.78 is 31.6. The molecule has 0 rings (SSSR count). The second kappa shape index (κ2) is 25.9. The Morgan fingerprint density at radius 1 is 0.640 bits per heavy atom. The van der Waals surface area contributed by atoms with Gasteiger partial charge in [-0.25, -0.2) is 0 Å². The molecule has 0 spiro atoms. The van der Waals surface area contributed by atoms with E-state index in [9.17, 15) is 0 Å². The average molecular weight is 390 g/mol. The zero-order valence-corrected chi connectivity index (χ0v) is 16.4. The highest BCUT2D eigenvalue weighted by molar-refractivity contribution is 7.79. The lowest BCUT2D eigenvalue weighted by molar-refractivity contribution is 0.266. The van der Waals surface area contributed by atoms with Gasteiger partial charge in [0, 0.05) is 19.7 Å². The maximum Gasteiger partial charge on any atom is 0.394 e. The van der Waals surface area contributed by atoms with Crippen molar-refractivity contribution in [3.05, 3.63) is 0 Å². The second-order valence-electron chi connectivity index (χ2n) is 5.55. The predicted molar refractivity (Wildman–Crippen MR) is 100 cm³/mol. The molecule has 0 heterocycles.